The van der Waals surface area contributed by atoms with Gasteiger partial charge in [-0.1, -0.05) is 113 Å². The summed E-state index contributed by atoms with van der Waals surface area (Å²) in [7, 11) is 0. The van der Waals surface area contributed by atoms with Gasteiger partial charge in [0.1, 0.15) is 0 Å². The van der Waals surface area contributed by atoms with Crippen LogP contribution in [0, 0.1) is 46.3 Å². The van der Waals surface area contributed by atoms with E-state index in [-0.39, 0.29) is 39.2 Å². The number of hydrogen-bond acceptors (Lipinski definition) is 6. The normalized spacial score (nSPS) is 37.5. The Labute approximate surface area is 379 Å². The first kappa shape index (κ1) is 53.2. The van der Waals surface area contributed by atoms with E-state index in [2.05, 4.69) is 65.2 Å². The molecule has 6 aliphatic carbocycles. The van der Waals surface area contributed by atoms with Crippen LogP contribution in [-0.4, -0.2) is 67.3 Å². The average molecular weight is 873 g/mol. The van der Waals surface area contributed by atoms with E-state index in [1.54, 1.807) is 11.1 Å². The average Bonchev–Trinajstić information content (AvgIpc) is 3.71. The van der Waals surface area contributed by atoms with Gasteiger partial charge in [0.2, 0.25) is 0 Å². The van der Waals surface area contributed by atoms with E-state index in [1.807, 2.05) is 13.8 Å². The van der Waals surface area contributed by atoms with Crippen molar-refractivity contribution >= 4 is 27.0 Å². The summed E-state index contributed by atoms with van der Waals surface area (Å²) in [5, 5.41) is 59.6. The zero-order valence-corrected chi connectivity index (χ0v) is 40.5. The summed E-state index contributed by atoms with van der Waals surface area (Å²) in [4.78, 5) is 0. The van der Waals surface area contributed by atoms with Crippen LogP contribution in [0.25, 0.3) is 0 Å². The van der Waals surface area contributed by atoms with Gasteiger partial charge in [-0.15, -0.1) is 0 Å². The summed E-state index contributed by atoms with van der Waals surface area (Å²) in [5.74, 6) is 4.34. The van der Waals surface area contributed by atoms with Crippen LogP contribution in [0.1, 0.15) is 170 Å². The molecule has 8 heteroatoms. The SMILES string of the molecule is C=C1[C@H](O)CC(=C/C=C2\CCC[C@]3(C)[C@@H]([C@@H](C)CCCC(C)O)CC[C@@H]23)C[C@H]1O.C=C1[C@H](O)CC(=C/C=C2\CCC[C@]3(C)[C@@H]([C@H](C)CCCC(C)O)CC[C@@H]23)C[C@H]1O.S.S. The minimum absolute atomic E-state index is 0. The number of fused-ring (bicyclic) bond motifs is 2. The molecular weight excluding hydrogens is 785 g/mol. The van der Waals surface area contributed by atoms with Gasteiger partial charge >= 0.3 is 0 Å². The van der Waals surface area contributed by atoms with Gasteiger partial charge in [0.05, 0.1) is 36.6 Å². The lowest BCUT2D eigenvalue weighted by Crippen LogP contribution is -2.36. The number of allylic oxidation sites excluding steroid dienone is 6. The highest BCUT2D eigenvalue weighted by atomic mass is 32.1. The van der Waals surface area contributed by atoms with Crippen molar-refractivity contribution in [3.05, 3.63) is 70.9 Å². The Morgan fingerprint density at radius 1 is 0.550 bits per heavy atom. The lowest BCUT2D eigenvalue weighted by molar-refractivity contribution is 0.0905. The Hall–Kier alpha value is -1.10. The van der Waals surface area contributed by atoms with Crippen LogP contribution in [0.5, 0.6) is 0 Å². The summed E-state index contributed by atoms with van der Waals surface area (Å²) in [6, 6.07) is 0. The van der Waals surface area contributed by atoms with Crippen molar-refractivity contribution in [1.29, 1.82) is 0 Å². The smallest absolute Gasteiger partial charge is 0.0809 e. The molecule has 0 aliphatic heterocycles. The predicted octanol–water partition coefficient (Wildman–Crippen LogP) is 10.9. The summed E-state index contributed by atoms with van der Waals surface area (Å²) in [5.41, 5.74) is 7.35. The fourth-order valence-corrected chi connectivity index (χ4v) is 13.2. The maximum absolute atomic E-state index is 10.1. The van der Waals surface area contributed by atoms with Crippen LogP contribution in [0.15, 0.2) is 70.9 Å². The molecule has 344 valence electrons. The Morgan fingerprint density at radius 3 is 1.20 bits per heavy atom. The molecule has 0 saturated heterocycles. The van der Waals surface area contributed by atoms with Crippen molar-refractivity contribution in [3.63, 3.8) is 0 Å². The zero-order chi connectivity index (χ0) is 42.4. The molecule has 60 heavy (non-hydrogen) atoms. The lowest BCUT2D eigenvalue weighted by atomic mass is 9.60. The van der Waals surface area contributed by atoms with Crippen LogP contribution in [-0.2, 0) is 0 Å². The molecule has 6 saturated carbocycles. The maximum atomic E-state index is 10.1. The highest BCUT2D eigenvalue weighted by Gasteiger charge is 2.51. The lowest BCUT2D eigenvalue weighted by Gasteiger charge is -2.44. The van der Waals surface area contributed by atoms with Crippen molar-refractivity contribution in [3.8, 4) is 0 Å². The van der Waals surface area contributed by atoms with E-state index in [9.17, 15) is 30.6 Å². The second kappa shape index (κ2) is 23.7. The first-order valence-electron chi connectivity index (χ1n) is 23.7. The van der Waals surface area contributed by atoms with Crippen molar-refractivity contribution < 1.29 is 30.6 Å². The molecule has 6 N–H and O–H groups in total. The van der Waals surface area contributed by atoms with Gasteiger partial charge in [-0.2, -0.15) is 27.0 Å². The number of rotatable bonds is 12. The molecule has 0 heterocycles. The standard InChI is InChI=1S/2C26H42O3.2H2S/c2*1-17(7-5-8-18(2)27)22-12-13-23-21(9-6-14-26(22,23)4)11-10-20-15-24(28)19(3)25(29)16-20;;/h2*10-11,17-18,22-25,27-29H,3,5-9,12-16H2,1-2,4H3;2*1H2/b2*21-11+;;/t17-,18?,22+,23-,24+,25+,26+;17-,18?,22-,23+,24-,25-,26-;;/m01../s1. The third-order valence-electron chi connectivity index (χ3n) is 16.6. The second-order valence-corrected chi connectivity index (χ2v) is 20.9. The first-order chi connectivity index (χ1) is 27.4. The Kier molecular flexibility index (Phi) is 21.0. The highest BCUT2D eigenvalue weighted by molar-refractivity contribution is 7.59. The van der Waals surface area contributed by atoms with Gasteiger partial charge in [-0.25, -0.2) is 0 Å². The number of aliphatic hydroxyl groups excluding tert-OH is 6. The van der Waals surface area contributed by atoms with E-state index < -0.39 is 24.4 Å². The monoisotopic (exact) mass is 873 g/mol. The molecule has 0 spiro atoms. The minimum Gasteiger partial charge on any atom is -0.393 e. The van der Waals surface area contributed by atoms with Crippen molar-refractivity contribution in [1.82, 2.24) is 0 Å². The largest absolute Gasteiger partial charge is 0.393 e. The van der Waals surface area contributed by atoms with Crippen molar-refractivity contribution in [2.24, 2.45) is 46.3 Å². The van der Waals surface area contributed by atoms with E-state index in [0.29, 0.717) is 59.5 Å². The Balaban J connectivity index is 0.000000310. The predicted molar refractivity (Wildman–Crippen MR) is 260 cm³/mol. The quantitative estimate of drug-likeness (QED) is 0.109. The number of aliphatic hydroxyl groups is 6. The zero-order valence-electron chi connectivity index (χ0n) is 38.5. The van der Waals surface area contributed by atoms with E-state index in [1.165, 1.54) is 77.0 Å². The molecule has 0 aromatic carbocycles. The van der Waals surface area contributed by atoms with Gasteiger partial charge in [0.15, 0.2) is 0 Å². The molecule has 6 aliphatic rings. The summed E-state index contributed by atoms with van der Waals surface area (Å²) in [6.45, 7) is 21.3. The maximum Gasteiger partial charge on any atom is 0.0809 e. The van der Waals surface area contributed by atoms with Gasteiger partial charge < -0.3 is 30.6 Å². The highest BCUT2D eigenvalue weighted by Crippen LogP contribution is 2.61. The van der Waals surface area contributed by atoms with Gasteiger partial charge in [0, 0.05) is 0 Å². The fraction of sp³-hybridized carbons (Fsp3) is 0.769. The van der Waals surface area contributed by atoms with Crippen LogP contribution < -0.4 is 0 Å². The molecule has 6 fully saturated rings. The Bertz CT molecular complexity index is 1390. The molecule has 6 nitrogen and oxygen atoms in total. The molecule has 0 aromatic rings. The minimum atomic E-state index is -0.613. The van der Waals surface area contributed by atoms with Crippen LogP contribution in [0.3, 0.4) is 0 Å². The third kappa shape index (κ3) is 13.0. The first-order valence-corrected chi connectivity index (χ1v) is 23.7. The third-order valence-corrected chi connectivity index (χ3v) is 16.6. The summed E-state index contributed by atoms with van der Waals surface area (Å²) >= 11 is 0. The fourth-order valence-electron chi connectivity index (χ4n) is 13.2. The Morgan fingerprint density at radius 2 is 0.883 bits per heavy atom. The second-order valence-electron chi connectivity index (χ2n) is 20.9. The molecule has 0 bridgehead atoms. The van der Waals surface area contributed by atoms with Gasteiger partial charge in [0.25, 0.3) is 0 Å². The molecule has 0 amide bonds. The molecule has 0 aromatic heterocycles. The molecule has 2 unspecified atom stereocenters. The van der Waals surface area contributed by atoms with E-state index in [0.717, 1.165) is 60.5 Å². The van der Waals surface area contributed by atoms with Crippen molar-refractivity contribution in [2.45, 2.75) is 207 Å². The topological polar surface area (TPSA) is 121 Å². The summed E-state index contributed by atoms with van der Waals surface area (Å²) < 4.78 is 0. The van der Waals surface area contributed by atoms with Gasteiger partial charge in [-0.3, -0.25) is 0 Å². The van der Waals surface area contributed by atoms with Crippen LogP contribution in [0.2, 0.25) is 0 Å². The van der Waals surface area contributed by atoms with Gasteiger partial charge in [-0.05, 0) is 174 Å². The number of hydrogen-bond donors (Lipinski definition) is 6. The summed E-state index contributed by atoms with van der Waals surface area (Å²) in [6.07, 6.45) is 27.9. The van der Waals surface area contributed by atoms with Crippen LogP contribution in [0.4, 0.5) is 0 Å². The van der Waals surface area contributed by atoms with E-state index in [4.69, 9.17) is 0 Å². The molecule has 0 radical (unpaired) electrons. The molecular formula is C52H88O6S2. The van der Waals surface area contributed by atoms with Crippen LogP contribution >= 0.6 is 27.0 Å². The molecule has 14 atom stereocenters. The van der Waals surface area contributed by atoms with E-state index >= 15 is 0 Å². The molecule has 6 rings (SSSR count). The van der Waals surface area contributed by atoms with Crippen molar-refractivity contribution in [2.75, 3.05) is 0 Å².